The molecule has 0 fully saturated rings. The van der Waals surface area contributed by atoms with Crippen molar-refractivity contribution in [3.63, 3.8) is 0 Å². The van der Waals surface area contributed by atoms with Crippen molar-refractivity contribution in [2.75, 3.05) is 16.0 Å². The number of aromatic nitrogens is 3. The SMILES string of the molecule is Cc1ccc(Nc2cccc(C(F)(F)F)c2)cc1NC(=O)c1cnc2[nH]ccc2c1NCc1cccnc1. The number of alkyl halides is 3. The van der Waals surface area contributed by atoms with E-state index in [9.17, 15) is 18.0 Å². The molecule has 0 saturated heterocycles. The smallest absolute Gasteiger partial charge is 0.380 e. The molecule has 0 aliphatic carbocycles. The third-order valence-electron chi connectivity index (χ3n) is 5.99. The molecule has 192 valence electrons. The number of nitrogens with zero attached hydrogens (tertiary/aromatic N) is 2. The number of H-pyrrole nitrogens is 1. The van der Waals surface area contributed by atoms with Crippen molar-refractivity contribution in [1.82, 2.24) is 15.0 Å². The summed E-state index contributed by atoms with van der Waals surface area (Å²) in [6.07, 6.45) is 2.25. The van der Waals surface area contributed by atoms with Crippen molar-refractivity contribution in [3.8, 4) is 0 Å². The van der Waals surface area contributed by atoms with Crippen LogP contribution in [0.4, 0.5) is 35.9 Å². The number of hydrogen-bond acceptors (Lipinski definition) is 5. The number of halogens is 3. The number of fused-ring (bicyclic) bond motifs is 1. The minimum atomic E-state index is -4.44. The van der Waals surface area contributed by atoms with E-state index >= 15 is 0 Å². The molecule has 0 bridgehead atoms. The van der Waals surface area contributed by atoms with Gasteiger partial charge in [-0.05, 0) is 60.5 Å². The normalized spacial score (nSPS) is 11.4. The number of amides is 1. The van der Waals surface area contributed by atoms with Gasteiger partial charge in [-0.1, -0.05) is 18.2 Å². The van der Waals surface area contributed by atoms with Gasteiger partial charge in [0, 0.05) is 53.8 Å². The largest absolute Gasteiger partial charge is 0.416 e. The van der Waals surface area contributed by atoms with Crippen molar-refractivity contribution < 1.29 is 18.0 Å². The molecule has 38 heavy (non-hydrogen) atoms. The molecular weight excluding hydrogens is 493 g/mol. The summed E-state index contributed by atoms with van der Waals surface area (Å²) in [6.45, 7) is 2.28. The number of benzene rings is 2. The molecule has 10 heteroatoms. The molecule has 0 spiro atoms. The van der Waals surface area contributed by atoms with E-state index in [0.29, 0.717) is 34.8 Å². The average Bonchev–Trinajstić information content (AvgIpc) is 3.39. The van der Waals surface area contributed by atoms with E-state index in [0.717, 1.165) is 28.6 Å². The van der Waals surface area contributed by atoms with Crippen molar-refractivity contribution >= 4 is 39.7 Å². The number of carbonyl (C=O) groups is 1. The summed E-state index contributed by atoms with van der Waals surface area (Å²) >= 11 is 0. The summed E-state index contributed by atoms with van der Waals surface area (Å²) < 4.78 is 39.3. The van der Waals surface area contributed by atoms with Gasteiger partial charge in [-0.3, -0.25) is 9.78 Å². The fourth-order valence-corrected chi connectivity index (χ4v) is 4.03. The fourth-order valence-electron chi connectivity index (χ4n) is 4.03. The monoisotopic (exact) mass is 516 g/mol. The molecule has 3 heterocycles. The summed E-state index contributed by atoms with van der Waals surface area (Å²) in [6, 6.07) is 15.7. The predicted octanol–water partition coefficient (Wildman–Crippen LogP) is 6.89. The van der Waals surface area contributed by atoms with Crippen LogP contribution in [0.2, 0.25) is 0 Å². The van der Waals surface area contributed by atoms with Gasteiger partial charge in [0.05, 0.1) is 16.8 Å². The first-order chi connectivity index (χ1) is 18.3. The first-order valence-electron chi connectivity index (χ1n) is 11.7. The Balaban J connectivity index is 1.40. The van der Waals surface area contributed by atoms with Gasteiger partial charge in [0.15, 0.2) is 0 Å². The van der Waals surface area contributed by atoms with Crippen LogP contribution in [0.3, 0.4) is 0 Å². The van der Waals surface area contributed by atoms with Crippen LogP contribution in [-0.2, 0) is 12.7 Å². The van der Waals surface area contributed by atoms with Crippen LogP contribution in [0, 0.1) is 6.92 Å². The maximum absolute atomic E-state index is 13.4. The maximum atomic E-state index is 13.4. The number of carbonyl (C=O) groups excluding carboxylic acids is 1. The lowest BCUT2D eigenvalue weighted by molar-refractivity contribution is -0.137. The number of hydrogen-bond donors (Lipinski definition) is 4. The zero-order valence-electron chi connectivity index (χ0n) is 20.2. The van der Waals surface area contributed by atoms with E-state index in [1.165, 1.54) is 12.3 Å². The van der Waals surface area contributed by atoms with Crippen molar-refractivity contribution in [1.29, 1.82) is 0 Å². The van der Waals surface area contributed by atoms with Gasteiger partial charge in [0.25, 0.3) is 5.91 Å². The summed E-state index contributed by atoms with van der Waals surface area (Å²) in [5.74, 6) is -0.381. The molecule has 0 atom stereocenters. The van der Waals surface area contributed by atoms with Gasteiger partial charge in [-0.15, -0.1) is 0 Å². The van der Waals surface area contributed by atoms with Crippen LogP contribution in [0.1, 0.15) is 27.0 Å². The Morgan fingerprint density at radius 1 is 1.00 bits per heavy atom. The highest BCUT2D eigenvalue weighted by molar-refractivity contribution is 6.12. The van der Waals surface area contributed by atoms with Crippen LogP contribution < -0.4 is 16.0 Å². The van der Waals surface area contributed by atoms with Gasteiger partial charge in [-0.25, -0.2) is 4.98 Å². The van der Waals surface area contributed by atoms with E-state index < -0.39 is 11.7 Å². The van der Waals surface area contributed by atoms with Crippen molar-refractivity contribution in [2.45, 2.75) is 19.6 Å². The van der Waals surface area contributed by atoms with E-state index in [1.807, 2.05) is 25.1 Å². The lowest BCUT2D eigenvalue weighted by Crippen LogP contribution is -2.16. The number of pyridine rings is 2. The minimum absolute atomic E-state index is 0.282. The van der Waals surface area contributed by atoms with E-state index in [4.69, 9.17) is 0 Å². The first kappa shape index (κ1) is 24.8. The van der Waals surface area contributed by atoms with Crippen molar-refractivity contribution in [3.05, 3.63) is 108 Å². The van der Waals surface area contributed by atoms with Crippen LogP contribution >= 0.6 is 0 Å². The average molecular weight is 517 g/mol. The Morgan fingerprint density at radius 2 is 1.84 bits per heavy atom. The van der Waals surface area contributed by atoms with Crippen LogP contribution in [0.25, 0.3) is 11.0 Å². The Labute approximate surface area is 216 Å². The maximum Gasteiger partial charge on any atom is 0.416 e. The quantitative estimate of drug-likeness (QED) is 0.189. The number of aryl methyl sites for hydroxylation is 1. The summed E-state index contributed by atoms with van der Waals surface area (Å²) in [5.41, 5.74) is 3.91. The number of nitrogens with one attached hydrogen (secondary N) is 4. The lowest BCUT2D eigenvalue weighted by atomic mass is 10.1. The first-order valence-corrected chi connectivity index (χ1v) is 11.7. The molecule has 0 unspecified atom stereocenters. The second-order valence-electron chi connectivity index (χ2n) is 8.69. The molecule has 5 aromatic rings. The Morgan fingerprint density at radius 3 is 2.63 bits per heavy atom. The van der Waals surface area contributed by atoms with E-state index in [-0.39, 0.29) is 11.6 Å². The summed E-state index contributed by atoms with van der Waals surface area (Å²) in [7, 11) is 0. The lowest BCUT2D eigenvalue weighted by Gasteiger charge is -2.16. The van der Waals surface area contributed by atoms with Gasteiger partial charge >= 0.3 is 6.18 Å². The molecule has 2 aromatic carbocycles. The Hall–Kier alpha value is -4.86. The summed E-state index contributed by atoms with van der Waals surface area (Å²) in [4.78, 5) is 25.0. The highest BCUT2D eigenvalue weighted by Gasteiger charge is 2.30. The second kappa shape index (κ2) is 10.3. The van der Waals surface area contributed by atoms with Crippen LogP contribution in [0.5, 0.6) is 0 Å². The zero-order chi connectivity index (χ0) is 26.7. The second-order valence-corrected chi connectivity index (χ2v) is 8.69. The number of anilines is 4. The molecule has 7 nitrogen and oxygen atoms in total. The Kier molecular flexibility index (Phi) is 6.69. The third kappa shape index (κ3) is 5.44. The van der Waals surface area contributed by atoms with Crippen molar-refractivity contribution in [2.24, 2.45) is 0 Å². The molecule has 0 aliphatic heterocycles. The number of rotatable bonds is 7. The standard InChI is InChI=1S/C28H23F3N6O/c1-17-7-8-21(36-20-6-2-5-19(12-20)28(29,30)31)13-24(17)37-27(38)23-16-35-26-22(9-11-33-26)25(23)34-15-18-4-3-10-32-14-18/h2-14,16,36H,15H2,1H3,(H,37,38)(H2,33,34,35). The molecule has 0 aliphatic rings. The molecule has 4 N–H and O–H groups in total. The van der Waals surface area contributed by atoms with Crippen LogP contribution in [0.15, 0.2) is 85.5 Å². The van der Waals surface area contributed by atoms with Crippen LogP contribution in [-0.4, -0.2) is 20.9 Å². The third-order valence-corrected chi connectivity index (χ3v) is 5.99. The number of aromatic amines is 1. The zero-order valence-corrected chi connectivity index (χ0v) is 20.2. The molecule has 3 aromatic heterocycles. The minimum Gasteiger partial charge on any atom is -0.380 e. The topological polar surface area (TPSA) is 94.7 Å². The van der Waals surface area contributed by atoms with E-state index in [1.54, 1.807) is 42.9 Å². The van der Waals surface area contributed by atoms with Gasteiger partial charge in [0.2, 0.25) is 0 Å². The molecule has 0 radical (unpaired) electrons. The van der Waals surface area contributed by atoms with Gasteiger partial charge in [-0.2, -0.15) is 13.2 Å². The fraction of sp³-hybridized carbons (Fsp3) is 0.107. The molecule has 0 saturated carbocycles. The van der Waals surface area contributed by atoms with Gasteiger partial charge in [0.1, 0.15) is 5.65 Å². The predicted molar refractivity (Wildman–Crippen MR) is 142 cm³/mol. The Bertz CT molecular complexity index is 1600. The van der Waals surface area contributed by atoms with Gasteiger partial charge < -0.3 is 20.9 Å². The van der Waals surface area contributed by atoms with E-state index in [2.05, 4.69) is 30.9 Å². The molecule has 5 rings (SSSR count). The summed E-state index contributed by atoms with van der Waals surface area (Å²) in [5, 5.41) is 10.0. The highest BCUT2D eigenvalue weighted by atomic mass is 19.4. The highest BCUT2D eigenvalue weighted by Crippen LogP contribution is 2.32. The molecular formula is C28H23F3N6O. The molecule has 1 amide bonds.